The Hall–Kier alpha value is -4.33. The van der Waals surface area contributed by atoms with Crippen molar-refractivity contribution in [2.75, 3.05) is 175 Å². The SMILES string of the molecule is CCCCc1nc2c([nH]1)c(N)nc1cc(N3CCN(CCOCCCOCCCOCCCOCCCOCCCOCCCOCCCOCCCOCCCOCCCC(=O)Oc4c(F)cc(F)c(F)c4F)CC3)ccc12. The van der Waals surface area contributed by atoms with Crippen molar-refractivity contribution in [1.29, 1.82) is 0 Å². The molecule has 2 aromatic carbocycles. The number of fused-ring (bicyclic) bond motifs is 3. The van der Waals surface area contributed by atoms with E-state index in [2.05, 4.69) is 44.6 Å². The predicted molar refractivity (Wildman–Crippen MR) is 294 cm³/mol. The van der Waals surface area contributed by atoms with Gasteiger partial charge in [0.1, 0.15) is 22.7 Å². The number of aromatic nitrogens is 3. The summed E-state index contributed by atoms with van der Waals surface area (Å²) in [5.41, 5.74) is 10.2. The fraction of sp³-hybridized carbons (Fsp3) is 0.702. The average Bonchev–Trinajstić information content (AvgIpc) is 4.06. The zero-order valence-electron chi connectivity index (χ0n) is 46.7. The number of aryl methyl sites for hydroxylation is 1. The van der Waals surface area contributed by atoms with Gasteiger partial charge in [-0.15, -0.1) is 0 Å². The monoisotopic (exact) mass is 1120 g/mol. The van der Waals surface area contributed by atoms with Crippen LogP contribution in [0, 0.1) is 23.3 Å². The lowest BCUT2D eigenvalue weighted by atomic mass is 10.1. The number of nitrogen functional groups attached to an aromatic ring is 1. The number of pyridine rings is 1. The van der Waals surface area contributed by atoms with Crippen LogP contribution in [0.1, 0.15) is 96.2 Å². The van der Waals surface area contributed by atoms with Crippen molar-refractivity contribution in [3.05, 3.63) is 53.4 Å². The van der Waals surface area contributed by atoms with Crippen LogP contribution in [-0.2, 0) is 58.6 Å². The fourth-order valence-electron chi connectivity index (χ4n) is 8.40. The number of hydrogen-bond donors (Lipinski definition) is 2. The second-order valence-electron chi connectivity index (χ2n) is 19.2. The molecule has 3 heterocycles. The molecule has 22 heteroatoms. The Morgan fingerprint density at radius 3 is 1.44 bits per heavy atom. The van der Waals surface area contributed by atoms with E-state index in [1.165, 1.54) is 5.69 Å². The summed E-state index contributed by atoms with van der Waals surface area (Å²) < 4.78 is 115. The number of rotatable bonds is 48. The van der Waals surface area contributed by atoms with Crippen molar-refractivity contribution < 1.29 is 74.5 Å². The Kier molecular flexibility index (Phi) is 33.8. The van der Waals surface area contributed by atoms with Gasteiger partial charge in [-0.3, -0.25) is 9.69 Å². The van der Waals surface area contributed by atoms with Crippen molar-refractivity contribution in [1.82, 2.24) is 19.9 Å². The van der Waals surface area contributed by atoms with Crippen molar-refractivity contribution in [2.24, 2.45) is 0 Å². The minimum absolute atomic E-state index is 0.116. The van der Waals surface area contributed by atoms with Crippen LogP contribution in [0.3, 0.4) is 0 Å². The third-order valence-electron chi connectivity index (χ3n) is 12.7. The number of carbonyl (C=O) groups excluding carboxylic acids is 1. The Morgan fingerprint density at radius 1 is 0.544 bits per heavy atom. The summed E-state index contributed by atoms with van der Waals surface area (Å²) in [4.78, 5) is 29.6. The number of nitrogens with two attached hydrogens (primary N) is 1. The van der Waals surface area contributed by atoms with Crippen LogP contribution < -0.4 is 15.4 Å². The Morgan fingerprint density at radius 2 is 0.987 bits per heavy atom. The molecular weight excluding hydrogens is 1040 g/mol. The highest BCUT2D eigenvalue weighted by Gasteiger charge is 2.23. The highest BCUT2D eigenvalue weighted by Crippen LogP contribution is 2.30. The van der Waals surface area contributed by atoms with Crippen molar-refractivity contribution >= 4 is 39.4 Å². The number of nitrogens with one attached hydrogen (secondary N) is 1. The molecule has 0 atom stereocenters. The molecule has 5 rings (SSSR count). The highest BCUT2D eigenvalue weighted by atomic mass is 19.2. The van der Waals surface area contributed by atoms with Gasteiger partial charge in [-0.25, -0.2) is 23.1 Å². The number of piperazine rings is 1. The van der Waals surface area contributed by atoms with Crippen LogP contribution in [0.2, 0.25) is 0 Å². The van der Waals surface area contributed by atoms with Crippen molar-refractivity contribution in [3.8, 4) is 5.75 Å². The number of carbonyl (C=O) groups is 1. The number of esters is 1. The van der Waals surface area contributed by atoms with E-state index in [9.17, 15) is 22.4 Å². The van der Waals surface area contributed by atoms with Gasteiger partial charge < -0.3 is 67.7 Å². The van der Waals surface area contributed by atoms with Gasteiger partial charge in [-0.05, 0) is 88.8 Å². The van der Waals surface area contributed by atoms with Gasteiger partial charge in [-0.2, -0.15) is 4.39 Å². The molecule has 0 saturated carbocycles. The minimum atomic E-state index is -1.91. The zero-order chi connectivity index (χ0) is 56.0. The molecular formula is C57H88F4N6O12. The lowest BCUT2D eigenvalue weighted by Gasteiger charge is -2.36. The first-order valence-corrected chi connectivity index (χ1v) is 28.6. The average molecular weight is 1130 g/mol. The molecule has 1 fully saturated rings. The van der Waals surface area contributed by atoms with Gasteiger partial charge in [-0.1, -0.05) is 13.3 Å². The summed E-state index contributed by atoms with van der Waals surface area (Å²) in [5, 5.41) is 1.04. The molecule has 0 bridgehead atoms. The normalized spacial score (nSPS) is 13.2. The maximum absolute atomic E-state index is 13.6. The largest absolute Gasteiger partial charge is 0.420 e. The summed E-state index contributed by atoms with van der Waals surface area (Å²) in [7, 11) is 0. The number of aromatic amines is 1. The van der Waals surface area contributed by atoms with Gasteiger partial charge in [0.15, 0.2) is 17.5 Å². The van der Waals surface area contributed by atoms with E-state index in [-0.39, 0.29) is 25.5 Å². The van der Waals surface area contributed by atoms with Gasteiger partial charge >= 0.3 is 5.97 Å². The van der Waals surface area contributed by atoms with E-state index in [0.717, 1.165) is 138 Å². The van der Waals surface area contributed by atoms with Gasteiger partial charge in [0, 0.05) is 188 Å². The van der Waals surface area contributed by atoms with E-state index >= 15 is 0 Å². The van der Waals surface area contributed by atoms with E-state index in [1.54, 1.807) is 0 Å². The van der Waals surface area contributed by atoms with E-state index in [1.807, 2.05) is 0 Å². The second-order valence-corrected chi connectivity index (χ2v) is 19.2. The molecule has 1 aliphatic heterocycles. The van der Waals surface area contributed by atoms with Crippen molar-refractivity contribution in [3.63, 3.8) is 0 Å². The van der Waals surface area contributed by atoms with Crippen LogP contribution in [-0.4, -0.2) is 191 Å². The lowest BCUT2D eigenvalue weighted by molar-refractivity contribution is -0.135. The number of hydrogen-bond acceptors (Lipinski definition) is 17. The maximum Gasteiger partial charge on any atom is 0.311 e. The Bertz CT molecular complexity index is 2260. The minimum Gasteiger partial charge on any atom is -0.420 e. The molecule has 0 amide bonds. The van der Waals surface area contributed by atoms with Crippen LogP contribution in [0.25, 0.3) is 21.9 Å². The van der Waals surface area contributed by atoms with Crippen LogP contribution in [0.15, 0.2) is 24.3 Å². The fourth-order valence-corrected chi connectivity index (χ4v) is 8.40. The van der Waals surface area contributed by atoms with Crippen LogP contribution in [0.4, 0.5) is 29.1 Å². The number of nitrogens with zero attached hydrogens (tertiary/aromatic N) is 4. The topological polar surface area (TPSA) is 193 Å². The smallest absolute Gasteiger partial charge is 0.311 e. The number of unbranched alkanes of at least 4 members (excludes halogenated alkanes) is 1. The lowest BCUT2D eigenvalue weighted by Crippen LogP contribution is -2.47. The number of imidazole rings is 1. The zero-order valence-corrected chi connectivity index (χ0v) is 46.7. The van der Waals surface area contributed by atoms with Crippen molar-refractivity contribution in [2.45, 2.75) is 96.8 Å². The van der Waals surface area contributed by atoms with E-state index < -0.39 is 35.0 Å². The van der Waals surface area contributed by atoms with Crippen LogP contribution >= 0.6 is 0 Å². The number of halogens is 4. The molecule has 0 spiro atoms. The number of H-pyrrole nitrogens is 1. The quantitative estimate of drug-likeness (QED) is 0.0106. The van der Waals surface area contributed by atoms with E-state index in [0.29, 0.717) is 131 Å². The highest BCUT2D eigenvalue weighted by molar-refractivity contribution is 6.06. The molecule has 79 heavy (non-hydrogen) atoms. The number of ether oxygens (including phenoxy) is 11. The molecule has 3 N–H and O–H groups in total. The van der Waals surface area contributed by atoms with E-state index in [4.69, 9.17) is 63.1 Å². The molecule has 0 radical (unpaired) electrons. The number of benzene rings is 2. The molecule has 18 nitrogen and oxygen atoms in total. The predicted octanol–water partition coefficient (Wildman–Crippen LogP) is 8.78. The molecule has 1 aliphatic rings. The van der Waals surface area contributed by atoms with Gasteiger partial charge in [0.25, 0.3) is 0 Å². The summed E-state index contributed by atoms with van der Waals surface area (Å²) >= 11 is 0. The standard InChI is InChI=1S/C57H88F4N6O12/c1-2-3-14-50-64-54-46-17-16-45(43-49(46)63-57(62)55(54)65-50)67-20-18-66(19-21-67)22-42-78-41-13-40-77-39-12-38-76-37-11-36-75-35-10-34-74-33-9-32-73-31-8-30-72-29-7-28-71-27-6-26-70-25-5-24-69-23-4-15-51(68)79-56-48(59)44-47(58)52(60)53(56)61/h16-17,43-44H,2-15,18-42H2,1H3,(H2,62,63)(H,64,65). The molecule has 2 aromatic heterocycles. The summed E-state index contributed by atoms with van der Waals surface area (Å²) in [6, 6.07) is 6.58. The number of anilines is 2. The second kappa shape index (κ2) is 40.8. The Labute approximate surface area is 463 Å². The molecule has 446 valence electrons. The first kappa shape index (κ1) is 65.5. The third kappa shape index (κ3) is 26.4. The maximum atomic E-state index is 13.6. The summed E-state index contributed by atoms with van der Waals surface area (Å²) in [6.07, 6.45) is 10.5. The first-order valence-electron chi connectivity index (χ1n) is 28.6. The first-order chi connectivity index (χ1) is 38.7. The Balaban J connectivity index is 0.663. The molecule has 4 aromatic rings. The molecule has 0 aliphatic carbocycles. The molecule has 1 saturated heterocycles. The third-order valence-corrected chi connectivity index (χ3v) is 12.7. The van der Waals surface area contributed by atoms with Gasteiger partial charge in [0.05, 0.1) is 12.1 Å². The van der Waals surface area contributed by atoms with Gasteiger partial charge in [0.2, 0.25) is 11.6 Å². The summed E-state index contributed by atoms with van der Waals surface area (Å²) in [5.74, 6) is -7.78. The summed E-state index contributed by atoms with van der Waals surface area (Å²) in [6.45, 7) is 19.3. The molecule has 0 unspecified atom stereocenters. The van der Waals surface area contributed by atoms with Crippen LogP contribution in [0.5, 0.6) is 5.75 Å².